The van der Waals surface area contributed by atoms with Crippen LogP contribution in [-0.4, -0.2) is 33.1 Å². The van der Waals surface area contributed by atoms with Crippen molar-refractivity contribution in [1.82, 2.24) is 9.55 Å². The average molecular weight is 325 g/mol. The van der Waals surface area contributed by atoms with Crippen molar-refractivity contribution >= 4 is 11.8 Å². The zero-order valence-electron chi connectivity index (χ0n) is 12.4. The quantitative estimate of drug-likeness (QED) is 0.858. The number of anilines is 1. The topological polar surface area (TPSA) is 84.2 Å². The van der Waals surface area contributed by atoms with Crippen LogP contribution in [0.2, 0.25) is 0 Å². The molecule has 124 valence electrons. The molecule has 8 heteroatoms. The lowest BCUT2D eigenvalue weighted by Crippen LogP contribution is -2.36. The summed E-state index contributed by atoms with van der Waals surface area (Å²) in [5.41, 5.74) is -1.99. The van der Waals surface area contributed by atoms with Crippen molar-refractivity contribution in [1.29, 1.82) is 0 Å². The third-order valence-corrected chi connectivity index (χ3v) is 5.86. The number of rotatable bonds is 5. The Kier molecular flexibility index (Phi) is 2.73. The number of carboxylic acid groups (broad SMARTS) is 1. The number of hydrogen-bond donors (Lipinski definition) is 2. The van der Waals surface area contributed by atoms with E-state index in [4.69, 9.17) is 5.11 Å². The predicted molar refractivity (Wildman–Crippen MR) is 76.4 cm³/mol. The Labute approximate surface area is 130 Å². The minimum Gasteiger partial charge on any atom is -0.480 e. The van der Waals surface area contributed by atoms with Crippen LogP contribution in [0.25, 0.3) is 0 Å². The van der Waals surface area contributed by atoms with E-state index in [9.17, 15) is 18.4 Å². The molecule has 0 saturated heterocycles. The molecule has 3 aliphatic carbocycles. The highest BCUT2D eigenvalue weighted by Crippen LogP contribution is 2.93. The van der Waals surface area contributed by atoms with Crippen molar-refractivity contribution in [2.75, 3.05) is 11.9 Å². The fourth-order valence-corrected chi connectivity index (χ4v) is 4.46. The molecule has 1 heterocycles. The second-order valence-corrected chi connectivity index (χ2v) is 7.00. The van der Waals surface area contributed by atoms with Crippen molar-refractivity contribution in [2.24, 2.45) is 16.7 Å². The zero-order chi connectivity index (χ0) is 16.5. The summed E-state index contributed by atoms with van der Waals surface area (Å²) in [7, 11) is 0. The van der Waals surface area contributed by atoms with Crippen LogP contribution in [0.4, 0.5) is 14.6 Å². The molecule has 1 aromatic rings. The number of alkyl halides is 2. The highest BCUT2D eigenvalue weighted by Gasteiger charge is 2.97. The monoisotopic (exact) mass is 325 g/mol. The first-order valence-electron chi connectivity index (χ1n) is 7.72. The first kappa shape index (κ1) is 14.6. The number of fused-ring (bicyclic) bond motifs is 1. The Morgan fingerprint density at radius 2 is 2.09 bits per heavy atom. The number of hydrogen-bond acceptors (Lipinski definition) is 4. The van der Waals surface area contributed by atoms with Gasteiger partial charge in [-0.25, -0.2) is 13.8 Å². The first-order valence-corrected chi connectivity index (χ1v) is 7.72. The van der Waals surface area contributed by atoms with Gasteiger partial charge < -0.3 is 10.4 Å². The molecule has 0 atom stereocenters. The zero-order valence-corrected chi connectivity index (χ0v) is 12.4. The highest BCUT2D eigenvalue weighted by molar-refractivity contribution is 5.66. The number of halogens is 2. The van der Waals surface area contributed by atoms with Crippen molar-refractivity contribution < 1.29 is 18.7 Å². The van der Waals surface area contributed by atoms with Gasteiger partial charge in [0.2, 0.25) is 0 Å². The molecular weight excluding hydrogens is 308 g/mol. The van der Waals surface area contributed by atoms with Gasteiger partial charge in [-0.05, 0) is 31.6 Å². The van der Waals surface area contributed by atoms with Gasteiger partial charge in [0.15, 0.2) is 5.82 Å². The second-order valence-electron chi connectivity index (χ2n) is 7.00. The molecule has 0 aliphatic heterocycles. The van der Waals surface area contributed by atoms with E-state index in [1.165, 1.54) is 12.4 Å². The standard InChI is InChI=1S/C15H17F2N3O3/c16-15(17)13(1-2-13)14(15)5-9(6-14)7-19-11-12(23)20(4-3-18-11)8-10(21)22/h3-4,9H,1-2,5-8H2,(H,18,19)(H,21,22). The van der Waals surface area contributed by atoms with E-state index in [1.54, 1.807) is 0 Å². The summed E-state index contributed by atoms with van der Waals surface area (Å²) in [6, 6.07) is 0. The summed E-state index contributed by atoms with van der Waals surface area (Å²) < 4.78 is 28.9. The smallest absolute Gasteiger partial charge is 0.323 e. The lowest BCUT2D eigenvalue weighted by atomic mass is 9.69. The average Bonchev–Trinajstić information content (AvgIpc) is 3.28. The van der Waals surface area contributed by atoms with Crippen LogP contribution in [0.1, 0.15) is 25.7 Å². The lowest BCUT2D eigenvalue weighted by Gasteiger charge is -2.36. The fourth-order valence-electron chi connectivity index (χ4n) is 4.46. The van der Waals surface area contributed by atoms with Gasteiger partial charge in [0.25, 0.3) is 11.5 Å². The fraction of sp³-hybridized carbons (Fsp3) is 0.667. The molecule has 6 nitrogen and oxygen atoms in total. The molecule has 0 amide bonds. The van der Waals surface area contributed by atoms with Gasteiger partial charge in [-0.1, -0.05) is 0 Å². The van der Waals surface area contributed by atoms with Gasteiger partial charge in [-0.3, -0.25) is 14.2 Å². The van der Waals surface area contributed by atoms with Gasteiger partial charge in [-0.2, -0.15) is 0 Å². The minimum atomic E-state index is -2.50. The van der Waals surface area contributed by atoms with Gasteiger partial charge in [0, 0.05) is 29.8 Å². The molecule has 0 bridgehead atoms. The Hall–Kier alpha value is -1.99. The number of carboxylic acids is 1. The van der Waals surface area contributed by atoms with Crippen molar-refractivity contribution in [3.05, 3.63) is 22.7 Å². The SMILES string of the molecule is O=C(O)Cn1ccnc(NCC2CC3(C2)C(F)(F)C32CC2)c1=O. The summed E-state index contributed by atoms with van der Waals surface area (Å²) in [4.78, 5) is 26.6. The molecule has 3 aliphatic rings. The second kappa shape index (κ2) is 4.30. The summed E-state index contributed by atoms with van der Waals surface area (Å²) in [6.45, 7) is -0.0233. The minimum absolute atomic E-state index is 0.0680. The van der Waals surface area contributed by atoms with E-state index in [0.29, 0.717) is 32.2 Å². The third-order valence-electron chi connectivity index (χ3n) is 5.86. The maximum atomic E-state index is 13.9. The van der Waals surface area contributed by atoms with Crippen LogP contribution in [0.15, 0.2) is 17.2 Å². The summed E-state index contributed by atoms with van der Waals surface area (Å²) >= 11 is 0. The number of nitrogens with one attached hydrogen (secondary N) is 1. The Morgan fingerprint density at radius 3 is 2.65 bits per heavy atom. The van der Waals surface area contributed by atoms with Crippen LogP contribution < -0.4 is 10.9 Å². The van der Waals surface area contributed by atoms with E-state index in [0.717, 1.165) is 4.57 Å². The van der Waals surface area contributed by atoms with E-state index in [1.807, 2.05) is 0 Å². The Balaban J connectivity index is 1.37. The molecule has 2 N–H and O–H groups in total. The number of aliphatic carboxylic acids is 1. The maximum absolute atomic E-state index is 13.9. The van der Waals surface area contributed by atoms with Gasteiger partial charge in [0.05, 0.1) is 0 Å². The highest BCUT2D eigenvalue weighted by atomic mass is 19.3. The summed E-state index contributed by atoms with van der Waals surface area (Å²) in [6.07, 6.45) is 4.91. The van der Waals surface area contributed by atoms with Gasteiger partial charge in [-0.15, -0.1) is 0 Å². The van der Waals surface area contributed by atoms with E-state index < -0.39 is 34.8 Å². The molecule has 0 unspecified atom stereocenters. The third kappa shape index (κ3) is 1.74. The maximum Gasteiger partial charge on any atom is 0.323 e. The molecule has 2 spiro atoms. The van der Waals surface area contributed by atoms with E-state index in [-0.39, 0.29) is 11.7 Å². The lowest BCUT2D eigenvalue weighted by molar-refractivity contribution is -0.137. The molecule has 3 fully saturated rings. The van der Waals surface area contributed by atoms with Gasteiger partial charge >= 0.3 is 5.97 Å². The molecule has 0 radical (unpaired) electrons. The molecule has 23 heavy (non-hydrogen) atoms. The molecule has 3 saturated carbocycles. The summed E-state index contributed by atoms with van der Waals surface area (Å²) in [5, 5.41) is 11.6. The molecular formula is C15H17F2N3O3. The van der Waals surface area contributed by atoms with E-state index in [2.05, 4.69) is 10.3 Å². The Bertz CT molecular complexity index is 730. The van der Waals surface area contributed by atoms with Crippen molar-refractivity contribution in [3.63, 3.8) is 0 Å². The molecule has 4 rings (SSSR count). The summed E-state index contributed by atoms with van der Waals surface area (Å²) in [5.74, 6) is -3.44. The molecule has 1 aromatic heterocycles. The van der Waals surface area contributed by atoms with Crippen molar-refractivity contribution in [3.8, 4) is 0 Å². The Morgan fingerprint density at radius 1 is 1.39 bits per heavy atom. The van der Waals surface area contributed by atoms with Crippen LogP contribution >= 0.6 is 0 Å². The number of nitrogens with zero attached hydrogens (tertiary/aromatic N) is 2. The van der Waals surface area contributed by atoms with Gasteiger partial charge in [0.1, 0.15) is 6.54 Å². The van der Waals surface area contributed by atoms with Crippen LogP contribution in [0.3, 0.4) is 0 Å². The first-order chi connectivity index (χ1) is 10.8. The van der Waals surface area contributed by atoms with Crippen molar-refractivity contribution in [2.45, 2.75) is 38.2 Å². The number of aromatic nitrogens is 2. The number of carbonyl (C=O) groups is 1. The van der Waals surface area contributed by atoms with Crippen LogP contribution in [0.5, 0.6) is 0 Å². The largest absolute Gasteiger partial charge is 0.480 e. The normalized spacial score (nSPS) is 31.7. The van der Waals surface area contributed by atoms with Crippen LogP contribution in [-0.2, 0) is 11.3 Å². The predicted octanol–water partition coefficient (Wildman–Crippen LogP) is 1.57. The van der Waals surface area contributed by atoms with Crippen LogP contribution in [0, 0.1) is 16.7 Å². The molecule has 0 aromatic carbocycles. The van der Waals surface area contributed by atoms with E-state index >= 15 is 0 Å².